The van der Waals surface area contributed by atoms with Gasteiger partial charge in [0.05, 0.1) is 11.9 Å². The van der Waals surface area contributed by atoms with Crippen LogP contribution in [-0.2, 0) is 6.54 Å². The van der Waals surface area contributed by atoms with Gasteiger partial charge in [-0.05, 0) is 54.6 Å². The van der Waals surface area contributed by atoms with E-state index in [9.17, 15) is 4.79 Å². The van der Waals surface area contributed by atoms with Crippen LogP contribution in [0.3, 0.4) is 0 Å². The Bertz CT molecular complexity index is 1060. The Morgan fingerprint density at radius 1 is 1.29 bits per heavy atom. The molecule has 0 atom stereocenters. The minimum Gasteiger partial charge on any atom is -0.378 e. The van der Waals surface area contributed by atoms with Gasteiger partial charge in [-0.1, -0.05) is 42.0 Å². The van der Waals surface area contributed by atoms with Gasteiger partial charge in [0.2, 0.25) is 11.6 Å². The lowest BCUT2D eigenvalue weighted by atomic mass is 9.99. The third kappa shape index (κ3) is 4.77. The SMILES string of the molecule is Cc1ccc(/C=N/NC(=O)c2nnn(-c3nonc3N)c2CN2CCC(C)CC2)cc1. The quantitative estimate of drug-likeness (QED) is 0.449. The first-order valence-electron chi connectivity index (χ1n) is 10.2. The number of carbonyl (C=O) groups is 1. The molecule has 0 aliphatic carbocycles. The molecule has 1 amide bonds. The maximum Gasteiger partial charge on any atom is 0.293 e. The molecule has 3 heterocycles. The molecule has 3 aromatic rings. The summed E-state index contributed by atoms with van der Waals surface area (Å²) in [7, 11) is 0. The van der Waals surface area contributed by atoms with Gasteiger partial charge in [-0.25, -0.2) is 10.1 Å². The lowest BCUT2D eigenvalue weighted by Gasteiger charge is -2.30. The molecule has 0 bridgehead atoms. The van der Waals surface area contributed by atoms with E-state index < -0.39 is 5.91 Å². The molecule has 1 saturated heterocycles. The topological polar surface area (TPSA) is 140 Å². The first-order chi connectivity index (χ1) is 15.0. The molecule has 1 aromatic carbocycles. The van der Waals surface area contributed by atoms with Crippen molar-refractivity contribution in [2.75, 3.05) is 18.8 Å². The van der Waals surface area contributed by atoms with E-state index >= 15 is 0 Å². The number of hydrogen-bond donors (Lipinski definition) is 2. The Balaban J connectivity index is 1.55. The predicted octanol–water partition coefficient (Wildman–Crippen LogP) is 1.54. The third-order valence-corrected chi connectivity index (χ3v) is 5.38. The molecule has 11 heteroatoms. The smallest absolute Gasteiger partial charge is 0.293 e. The molecular weight excluding hydrogens is 398 g/mol. The number of aryl methyl sites for hydroxylation is 1. The maximum atomic E-state index is 12.8. The van der Waals surface area contributed by atoms with Crippen molar-refractivity contribution in [1.29, 1.82) is 0 Å². The van der Waals surface area contributed by atoms with Crippen LogP contribution in [0.25, 0.3) is 5.82 Å². The van der Waals surface area contributed by atoms with Crippen LogP contribution in [0.2, 0.25) is 0 Å². The summed E-state index contributed by atoms with van der Waals surface area (Å²) < 4.78 is 6.10. The summed E-state index contributed by atoms with van der Waals surface area (Å²) in [6.45, 7) is 6.57. The minimum atomic E-state index is -0.468. The van der Waals surface area contributed by atoms with Crippen LogP contribution >= 0.6 is 0 Å². The van der Waals surface area contributed by atoms with E-state index in [-0.39, 0.29) is 17.3 Å². The number of aromatic nitrogens is 5. The lowest BCUT2D eigenvalue weighted by molar-refractivity contribution is 0.0947. The maximum absolute atomic E-state index is 12.8. The highest BCUT2D eigenvalue weighted by molar-refractivity contribution is 5.94. The summed E-state index contributed by atoms with van der Waals surface area (Å²) in [6, 6.07) is 7.79. The van der Waals surface area contributed by atoms with E-state index in [0.29, 0.717) is 18.2 Å². The number of carbonyl (C=O) groups excluding carboxylic acids is 1. The van der Waals surface area contributed by atoms with Crippen LogP contribution in [0.5, 0.6) is 0 Å². The number of nitrogens with two attached hydrogens (primary N) is 1. The number of hydrogen-bond acceptors (Lipinski definition) is 9. The van der Waals surface area contributed by atoms with Crippen LogP contribution in [0.4, 0.5) is 5.82 Å². The molecule has 3 N–H and O–H groups in total. The summed E-state index contributed by atoms with van der Waals surface area (Å²) in [5.41, 5.74) is 11.1. The van der Waals surface area contributed by atoms with E-state index in [1.165, 1.54) is 4.68 Å². The average molecular weight is 423 g/mol. The number of nitrogens with one attached hydrogen (secondary N) is 1. The number of anilines is 1. The zero-order valence-corrected chi connectivity index (χ0v) is 17.5. The number of amides is 1. The largest absolute Gasteiger partial charge is 0.378 e. The number of hydrazone groups is 1. The van der Waals surface area contributed by atoms with Crippen molar-refractivity contribution >= 4 is 17.9 Å². The van der Waals surface area contributed by atoms with E-state index in [1.807, 2.05) is 31.2 Å². The highest BCUT2D eigenvalue weighted by Gasteiger charge is 2.26. The fourth-order valence-corrected chi connectivity index (χ4v) is 3.43. The Hall–Kier alpha value is -3.60. The molecule has 31 heavy (non-hydrogen) atoms. The van der Waals surface area contributed by atoms with E-state index in [2.05, 4.69) is 43.0 Å². The Kier molecular flexibility index (Phi) is 6.03. The second-order valence-corrected chi connectivity index (χ2v) is 7.84. The van der Waals surface area contributed by atoms with Gasteiger partial charge in [0.15, 0.2) is 5.69 Å². The van der Waals surface area contributed by atoms with Gasteiger partial charge in [0, 0.05) is 6.54 Å². The number of piperidine rings is 1. The molecule has 0 radical (unpaired) electrons. The second kappa shape index (κ2) is 9.04. The molecule has 11 nitrogen and oxygen atoms in total. The molecule has 0 unspecified atom stereocenters. The van der Waals surface area contributed by atoms with E-state index in [1.54, 1.807) is 6.21 Å². The lowest BCUT2D eigenvalue weighted by Crippen LogP contribution is -2.34. The van der Waals surface area contributed by atoms with Crippen molar-refractivity contribution < 1.29 is 9.42 Å². The third-order valence-electron chi connectivity index (χ3n) is 5.38. The van der Waals surface area contributed by atoms with E-state index in [0.717, 1.165) is 37.1 Å². The fraction of sp³-hybridized carbons (Fsp3) is 0.400. The molecule has 0 spiro atoms. The summed E-state index contributed by atoms with van der Waals surface area (Å²) in [5.74, 6) is 0.497. The monoisotopic (exact) mass is 423 g/mol. The van der Waals surface area contributed by atoms with Gasteiger partial charge in [0.25, 0.3) is 5.91 Å². The molecule has 1 aliphatic heterocycles. The van der Waals surface area contributed by atoms with Gasteiger partial charge in [-0.3, -0.25) is 9.69 Å². The summed E-state index contributed by atoms with van der Waals surface area (Å²) in [6.07, 6.45) is 3.77. The molecule has 162 valence electrons. The van der Waals surface area contributed by atoms with Gasteiger partial charge in [0.1, 0.15) is 0 Å². The van der Waals surface area contributed by atoms with Crippen molar-refractivity contribution in [1.82, 2.24) is 35.6 Å². The van der Waals surface area contributed by atoms with Crippen molar-refractivity contribution in [3.05, 3.63) is 46.8 Å². The summed E-state index contributed by atoms with van der Waals surface area (Å²) in [4.78, 5) is 15.1. The zero-order valence-electron chi connectivity index (χ0n) is 17.5. The molecule has 1 aliphatic rings. The predicted molar refractivity (Wildman–Crippen MR) is 114 cm³/mol. The van der Waals surface area contributed by atoms with Gasteiger partial charge in [-0.2, -0.15) is 9.78 Å². The van der Waals surface area contributed by atoms with Gasteiger partial charge < -0.3 is 5.73 Å². The number of nitrogen functional groups attached to an aromatic ring is 1. The van der Waals surface area contributed by atoms with Crippen LogP contribution in [-0.4, -0.2) is 55.4 Å². The Morgan fingerprint density at radius 3 is 2.71 bits per heavy atom. The molecule has 0 saturated carbocycles. The van der Waals surface area contributed by atoms with Gasteiger partial charge in [-0.15, -0.1) is 5.10 Å². The fourth-order valence-electron chi connectivity index (χ4n) is 3.43. The zero-order chi connectivity index (χ0) is 21.8. The first kappa shape index (κ1) is 20.7. The minimum absolute atomic E-state index is 0.0720. The highest BCUT2D eigenvalue weighted by Crippen LogP contribution is 2.21. The second-order valence-electron chi connectivity index (χ2n) is 7.84. The van der Waals surface area contributed by atoms with Crippen LogP contribution < -0.4 is 11.2 Å². The Morgan fingerprint density at radius 2 is 2.03 bits per heavy atom. The molecule has 1 fully saturated rings. The molecule has 4 rings (SSSR count). The number of nitrogens with zero attached hydrogens (tertiary/aromatic N) is 7. The number of rotatable bonds is 6. The average Bonchev–Trinajstić information content (AvgIpc) is 3.37. The van der Waals surface area contributed by atoms with E-state index in [4.69, 9.17) is 10.4 Å². The number of benzene rings is 1. The summed E-state index contributed by atoms with van der Waals surface area (Å²) in [5, 5.41) is 19.6. The number of likely N-dealkylation sites (tertiary alicyclic amines) is 1. The van der Waals surface area contributed by atoms with Crippen molar-refractivity contribution in [3.63, 3.8) is 0 Å². The Labute approximate surface area is 179 Å². The molecular formula is C20H25N9O2. The van der Waals surface area contributed by atoms with Gasteiger partial charge >= 0.3 is 0 Å². The van der Waals surface area contributed by atoms with Crippen molar-refractivity contribution in [2.24, 2.45) is 11.0 Å². The standard InChI is InChI=1S/C20H25N9O2/c1-13-3-5-15(6-4-13)11-22-24-20(30)17-16(12-28-9-7-14(2)8-10-28)29(27-23-17)19-18(21)25-31-26-19/h3-6,11,14H,7-10,12H2,1-2H3,(H2,21,25)(H,24,30)/b22-11+. The van der Waals surface area contributed by atoms with Crippen molar-refractivity contribution in [3.8, 4) is 5.82 Å². The van der Waals surface area contributed by atoms with Crippen LogP contribution in [0.1, 0.15) is 47.1 Å². The van der Waals surface area contributed by atoms with Crippen molar-refractivity contribution in [2.45, 2.75) is 33.2 Å². The summed E-state index contributed by atoms with van der Waals surface area (Å²) >= 11 is 0. The van der Waals surface area contributed by atoms with Crippen LogP contribution in [0.15, 0.2) is 34.0 Å². The molecule has 2 aromatic heterocycles. The highest BCUT2D eigenvalue weighted by atomic mass is 16.6. The first-order valence-corrected chi connectivity index (χ1v) is 10.2. The van der Waals surface area contributed by atoms with Crippen LogP contribution in [0, 0.1) is 12.8 Å². The normalized spacial score (nSPS) is 15.5.